The molecule has 4 rings (SSSR count). The van der Waals surface area contributed by atoms with Gasteiger partial charge < -0.3 is 0 Å². The molecular weight excluding hydrogens is 332 g/mol. The number of ketones is 1. The van der Waals surface area contributed by atoms with E-state index in [1.165, 1.54) is 27.1 Å². The van der Waals surface area contributed by atoms with Gasteiger partial charge in [0.2, 0.25) is 0 Å². The minimum atomic E-state index is -1.74. The molecule has 3 aromatic rings. The Morgan fingerprint density at radius 1 is 0.731 bits per heavy atom. The van der Waals surface area contributed by atoms with Gasteiger partial charge in [0.1, 0.15) is 0 Å². The third kappa shape index (κ3) is 2.32. The third-order valence-electron chi connectivity index (χ3n) is 5.38. The van der Waals surface area contributed by atoms with Crippen molar-refractivity contribution in [1.29, 1.82) is 0 Å². The van der Waals surface area contributed by atoms with Gasteiger partial charge >= 0.3 is 0 Å². The van der Waals surface area contributed by atoms with Crippen LogP contribution < -0.4 is 5.19 Å². The topological polar surface area (TPSA) is 17.1 Å². The summed E-state index contributed by atoms with van der Waals surface area (Å²) in [6, 6.07) is 16.8. The molecule has 0 radical (unpaired) electrons. The second kappa shape index (κ2) is 5.40. The summed E-state index contributed by atoms with van der Waals surface area (Å²) in [6.45, 7) is 13.8. The van der Waals surface area contributed by atoms with Crippen LogP contribution in [0.3, 0.4) is 0 Å². The van der Waals surface area contributed by atoms with Crippen molar-refractivity contribution in [2.24, 2.45) is 0 Å². The van der Waals surface area contributed by atoms with Crippen LogP contribution in [0.5, 0.6) is 0 Å². The summed E-state index contributed by atoms with van der Waals surface area (Å²) in [5.41, 5.74) is 5.41. The van der Waals surface area contributed by atoms with Crippen LogP contribution in [0.2, 0.25) is 19.6 Å². The highest BCUT2D eigenvalue weighted by atomic mass is 28.3. The van der Waals surface area contributed by atoms with Gasteiger partial charge in [-0.3, -0.25) is 4.79 Å². The predicted molar refractivity (Wildman–Crippen MR) is 114 cm³/mol. The summed E-state index contributed by atoms with van der Waals surface area (Å²) >= 11 is 0. The van der Waals surface area contributed by atoms with Crippen molar-refractivity contribution in [3.63, 3.8) is 0 Å². The first kappa shape index (κ1) is 17.2. The van der Waals surface area contributed by atoms with Crippen LogP contribution in [0.15, 0.2) is 48.5 Å². The Kier molecular flexibility index (Phi) is 3.58. The van der Waals surface area contributed by atoms with Gasteiger partial charge in [0, 0.05) is 11.1 Å². The lowest BCUT2D eigenvalue weighted by Gasteiger charge is -2.30. The molecule has 0 aromatic heterocycles. The average molecular weight is 359 g/mol. The minimum Gasteiger partial charge on any atom is -0.289 e. The molecule has 3 aromatic carbocycles. The van der Waals surface area contributed by atoms with Gasteiger partial charge in [0.15, 0.2) is 5.78 Å². The van der Waals surface area contributed by atoms with Crippen LogP contribution in [0, 0.1) is 0 Å². The third-order valence-corrected chi connectivity index (χ3v) is 7.40. The highest BCUT2D eigenvalue weighted by Gasteiger charge is 2.39. The van der Waals surface area contributed by atoms with Gasteiger partial charge in [-0.1, -0.05) is 88.9 Å². The molecule has 26 heavy (non-hydrogen) atoms. The van der Waals surface area contributed by atoms with Crippen molar-refractivity contribution in [3.8, 4) is 11.1 Å². The molecule has 1 nitrogen and oxygen atoms in total. The van der Waals surface area contributed by atoms with Crippen LogP contribution in [-0.2, 0) is 5.41 Å². The molecule has 0 fully saturated rings. The smallest absolute Gasteiger partial charge is 0.194 e. The number of carbonyl (C=O) groups excluding carboxylic acids is 1. The Labute approximate surface area is 157 Å². The molecular formula is C24H26OSi. The van der Waals surface area contributed by atoms with E-state index >= 15 is 0 Å². The normalized spacial score (nSPS) is 13.8. The van der Waals surface area contributed by atoms with E-state index in [1.807, 2.05) is 12.1 Å². The predicted octanol–water partition coefficient (Wildman–Crippen LogP) is 5.89. The largest absolute Gasteiger partial charge is 0.289 e. The van der Waals surface area contributed by atoms with E-state index < -0.39 is 8.07 Å². The van der Waals surface area contributed by atoms with Crippen molar-refractivity contribution in [2.75, 3.05) is 0 Å². The molecule has 0 atom stereocenters. The number of hydrogen-bond donors (Lipinski definition) is 0. The lowest BCUT2D eigenvalue weighted by molar-refractivity contribution is 0.104. The first-order valence-corrected chi connectivity index (χ1v) is 12.9. The van der Waals surface area contributed by atoms with Gasteiger partial charge in [0.25, 0.3) is 0 Å². The van der Waals surface area contributed by atoms with E-state index in [0.29, 0.717) is 0 Å². The zero-order valence-electron chi connectivity index (χ0n) is 16.5. The molecule has 0 N–H and O–H groups in total. The summed E-state index contributed by atoms with van der Waals surface area (Å²) in [6.07, 6.45) is 0. The van der Waals surface area contributed by atoms with Crippen LogP contribution in [0.25, 0.3) is 21.9 Å². The summed E-state index contributed by atoms with van der Waals surface area (Å²) in [5, 5.41) is 3.90. The average Bonchev–Trinajstić information content (AvgIpc) is 2.84. The molecule has 0 unspecified atom stereocenters. The number of fused-ring (bicyclic) bond motifs is 4. The van der Waals surface area contributed by atoms with Crippen molar-refractivity contribution < 1.29 is 4.79 Å². The fourth-order valence-electron chi connectivity index (χ4n) is 4.53. The van der Waals surface area contributed by atoms with Gasteiger partial charge in [0.05, 0.1) is 8.07 Å². The first-order chi connectivity index (χ1) is 12.1. The molecule has 2 heteroatoms. The molecule has 0 saturated carbocycles. The highest BCUT2D eigenvalue weighted by molar-refractivity contribution is 6.91. The van der Waals surface area contributed by atoms with E-state index in [9.17, 15) is 4.79 Å². The van der Waals surface area contributed by atoms with Crippen molar-refractivity contribution in [1.82, 2.24) is 0 Å². The number of rotatable bonds is 1. The summed E-state index contributed by atoms with van der Waals surface area (Å²) < 4.78 is 0. The number of benzene rings is 3. The van der Waals surface area contributed by atoms with Crippen molar-refractivity contribution in [2.45, 2.75) is 45.8 Å². The molecule has 1 aliphatic carbocycles. The molecule has 0 aliphatic heterocycles. The standard InChI is InChI=1S/C24H26OSi/c1-24(2,3)21-16-12-8-10-14-18(16)23(26(4,5)6)20-19(21)15-11-7-9-13-17(15)22(20)25/h7-14H,1-6H3. The maximum Gasteiger partial charge on any atom is 0.194 e. The fourth-order valence-corrected chi connectivity index (χ4v) is 6.54. The lowest BCUT2D eigenvalue weighted by atomic mass is 9.78. The monoisotopic (exact) mass is 358 g/mol. The minimum absolute atomic E-state index is 0.0423. The Morgan fingerprint density at radius 3 is 1.85 bits per heavy atom. The van der Waals surface area contributed by atoms with E-state index in [0.717, 1.165) is 16.7 Å². The van der Waals surface area contributed by atoms with Crippen LogP contribution in [0.1, 0.15) is 42.3 Å². The molecule has 132 valence electrons. The van der Waals surface area contributed by atoms with E-state index in [4.69, 9.17) is 0 Å². The van der Waals surface area contributed by atoms with Gasteiger partial charge in [-0.15, -0.1) is 0 Å². The molecule has 0 saturated heterocycles. The zero-order chi connectivity index (χ0) is 18.9. The maximum atomic E-state index is 13.5. The molecule has 0 amide bonds. The first-order valence-electron chi connectivity index (χ1n) is 9.36. The number of carbonyl (C=O) groups is 1. The van der Waals surface area contributed by atoms with Crippen LogP contribution in [-0.4, -0.2) is 13.9 Å². The highest BCUT2D eigenvalue weighted by Crippen LogP contribution is 2.46. The number of hydrogen-bond acceptors (Lipinski definition) is 1. The fraction of sp³-hybridized carbons (Fsp3) is 0.292. The zero-order valence-corrected chi connectivity index (χ0v) is 17.5. The van der Waals surface area contributed by atoms with Crippen molar-refractivity contribution in [3.05, 3.63) is 65.2 Å². The maximum absolute atomic E-state index is 13.5. The summed E-state index contributed by atoms with van der Waals surface area (Å²) in [4.78, 5) is 13.5. The second-order valence-electron chi connectivity index (χ2n) is 9.42. The quantitative estimate of drug-likeness (QED) is 0.388. The van der Waals surface area contributed by atoms with Crippen LogP contribution in [0.4, 0.5) is 0 Å². The van der Waals surface area contributed by atoms with Crippen molar-refractivity contribution >= 4 is 29.8 Å². The Morgan fingerprint density at radius 2 is 1.27 bits per heavy atom. The molecule has 1 aliphatic rings. The van der Waals surface area contributed by atoms with E-state index in [2.05, 4.69) is 76.8 Å². The van der Waals surface area contributed by atoms with E-state index in [-0.39, 0.29) is 11.2 Å². The van der Waals surface area contributed by atoms with Crippen LogP contribution >= 0.6 is 0 Å². The van der Waals surface area contributed by atoms with E-state index in [1.54, 1.807) is 0 Å². The van der Waals surface area contributed by atoms with Gasteiger partial charge in [-0.25, -0.2) is 0 Å². The molecule has 0 heterocycles. The SMILES string of the molecule is CC(C)(C)c1c2c(c([Si](C)(C)C)c3ccccc13)C(=O)c1ccccc1-2. The van der Waals surface area contributed by atoms with Gasteiger partial charge in [-0.05, 0) is 38.1 Å². The Hall–Kier alpha value is -2.19. The van der Waals surface area contributed by atoms with Gasteiger partial charge in [-0.2, -0.15) is 0 Å². The molecule has 0 bridgehead atoms. The second-order valence-corrected chi connectivity index (χ2v) is 14.4. The summed E-state index contributed by atoms with van der Waals surface area (Å²) in [5.74, 6) is 0.212. The lowest BCUT2D eigenvalue weighted by Crippen LogP contribution is -2.42. The summed E-state index contributed by atoms with van der Waals surface area (Å²) in [7, 11) is -1.74. The Bertz CT molecular complexity index is 1060. The molecule has 0 spiro atoms. The Balaban J connectivity index is 2.33.